The van der Waals surface area contributed by atoms with Crippen molar-refractivity contribution >= 4 is 23.3 Å². The average molecular weight is 590 g/mol. The molecule has 0 amide bonds. The van der Waals surface area contributed by atoms with Crippen LogP contribution in [0.1, 0.15) is 110 Å². The average Bonchev–Trinajstić information content (AvgIpc) is 3.33. The standard InChI is InChI=1S/C37H51NO5/c1-24(11-14-33(42)43-37(25-9-5-4-6-10-25)16-7-19-38-20-8-17-37)28-12-13-29-34-30(23-32(41)36(28,29)3)35(2)18-15-27(39)21-26(35)22-31(34)40/h4-6,9-10,24,26,28-30,34,38H,7-8,11-23H2,1-3H3/t24-,26+,28-,29+,30+,34+,35+,36-/m1/s1. The molecule has 234 valence electrons. The third-order valence-electron chi connectivity index (χ3n) is 13.2. The third kappa shape index (κ3) is 5.34. The minimum absolute atomic E-state index is 0.0645. The maximum absolute atomic E-state index is 14.1. The van der Waals surface area contributed by atoms with E-state index in [-0.39, 0.29) is 52.7 Å². The van der Waals surface area contributed by atoms with Gasteiger partial charge in [0.1, 0.15) is 23.0 Å². The number of carbonyl (C=O) groups is 4. The summed E-state index contributed by atoms with van der Waals surface area (Å²) in [5, 5.41) is 3.47. The monoisotopic (exact) mass is 589 g/mol. The van der Waals surface area contributed by atoms with Crippen LogP contribution in [0.15, 0.2) is 30.3 Å². The molecule has 0 bridgehead atoms. The van der Waals surface area contributed by atoms with Crippen molar-refractivity contribution in [2.75, 3.05) is 13.1 Å². The zero-order valence-electron chi connectivity index (χ0n) is 26.5. The molecule has 43 heavy (non-hydrogen) atoms. The van der Waals surface area contributed by atoms with Crippen LogP contribution in [0.25, 0.3) is 0 Å². The molecule has 4 saturated carbocycles. The predicted octanol–water partition coefficient (Wildman–Crippen LogP) is 6.59. The Hall–Kier alpha value is -2.34. The Labute approximate surface area is 257 Å². The minimum atomic E-state index is -0.582. The zero-order valence-corrected chi connectivity index (χ0v) is 26.5. The molecule has 6 nitrogen and oxygen atoms in total. The van der Waals surface area contributed by atoms with Crippen molar-refractivity contribution in [1.82, 2.24) is 5.32 Å². The van der Waals surface area contributed by atoms with Crippen molar-refractivity contribution in [2.45, 2.75) is 110 Å². The van der Waals surface area contributed by atoms with E-state index in [0.717, 1.165) is 63.6 Å². The lowest BCUT2D eigenvalue weighted by Gasteiger charge is -2.58. The van der Waals surface area contributed by atoms with Crippen LogP contribution in [0.4, 0.5) is 0 Å². The van der Waals surface area contributed by atoms with Crippen molar-refractivity contribution in [3.8, 4) is 0 Å². The summed E-state index contributed by atoms with van der Waals surface area (Å²) in [6, 6.07) is 10.2. The highest BCUT2D eigenvalue weighted by molar-refractivity contribution is 5.93. The molecule has 8 atom stereocenters. The molecule has 5 fully saturated rings. The van der Waals surface area contributed by atoms with Gasteiger partial charge in [0.25, 0.3) is 0 Å². The second kappa shape index (κ2) is 11.9. The molecule has 6 heteroatoms. The Morgan fingerprint density at radius 1 is 0.953 bits per heavy atom. The summed E-state index contributed by atoms with van der Waals surface area (Å²) in [6.07, 6.45) is 9.26. The van der Waals surface area contributed by atoms with Gasteiger partial charge in [-0.15, -0.1) is 0 Å². The summed E-state index contributed by atoms with van der Waals surface area (Å²) in [7, 11) is 0. The second-order valence-electron chi connectivity index (χ2n) is 15.3. The van der Waals surface area contributed by atoms with E-state index in [2.05, 4.69) is 38.2 Å². The van der Waals surface area contributed by atoms with Gasteiger partial charge in [0, 0.05) is 43.4 Å². The van der Waals surface area contributed by atoms with Crippen LogP contribution < -0.4 is 5.32 Å². The molecule has 1 N–H and O–H groups in total. The van der Waals surface area contributed by atoms with E-state index in [9.17, 15) is 19.2 Å². The van der Waals surface area contributed by atoms with Crippen LogP contribution >= 0.6 is 0 Å². The van der Waals surface area contributed by atoms with Crippen molar-refractivity contribution in [1.29, 1.82) is 0 Å². The molecule has 0 radical (unpaired) electrons. The molecule has 1 saturated heterocycles. The zero-order chi connectivity index (χ0) is 30.4. The Kier molecular flexibility index (Phi) is 8.47. The van der Waals surface area contributed by atoms with Crippen molar-refractivity contribution in [3.05, 3.63) is 35.9 Å². The van der Waals surface area contributed by atoms with E-state index in [1.165, 1.54) is 0 Å². The van der Waals surface area contributed by atoms with Gasteiger partial charge >= 0.3 is 5.97 Å². The first-order chi connectivity index (χ1) is 20.6. The van der Waals surface area contributed by atoms with E-state index in [1.807, 2.05) is 18.2 Å². The smallest absolute Gasteiger partial charge is 0.306 e. The number of carbonyl (C=O) groups excluding carboxylic acids is 4. The van der Waals surface area contributed by atoms with Gasteiger partial charge in [-0.25, -0.2) is 0 Å². The summed E-state index contributed by atoms with van der Waals surface area (Å²) in [4.78, 5) is 53.6. The first kappa shape index (κ1) is 30.7. The van der Waals surface area contributed by atoms with E-state index >= 15 is 0 Å². The van der Waals surface area contributed by atoms with Gasteiger partial charge in [-0.1, -0.05) is 51.1 Å². The second-order valence-corrected chi connectivity index (χ2v) is 15.3. The van der Waals surface area contributed by atoms with Crippen LogP contribution in [-0.4, -0.2) is 36.4 Å². The van der Waals surface area contributed by atoms with Crippen LogP contribution in [0.2, 0.25) is 0 Å². The molecule has 4 aliphatic carbocycles. The largest absolute Gasteiger partial charge is 0.454 e. The molecule has 6 rings (SSSR count). The van der Waals surface area contributed by atoms with Gasteiger partial charge in [0.05, 0.1) is 0 Å². The molecule has 5 aliphatic rings. The number of rotatable bonds is 6. The minimum Gasteiger partial charge on any atom is -0.454 e. The number of benzene rings is 1. The normalized spacial score (nSPS) is 38.2. The van der Waals surface area contributed by atoms with Crippen LogP contribution in [0, 0.1) is 46.3 Å². The Balaban J connectivity index is 1.14. The number of ether oxygens (including phenoxy) is 1. The lowest BCUT2D eigenvalue weighted by Crippen LogP contribution is -2.60. The molecule has 1 aromatic carbocycles. The summed E-state index contributed by atoms with van der Waals surface area (Å²) >= 11 is 0. The molecular formula is C37H51NO5. The predicted molar refractivity (Wildman–Crippen MR) is 165 cm³/mol. The van der Waals surface area contributed by atoms with Gasteiger partial charge in [-0.05, 0) is 105 Å². The molecule has 0 unspecified atom stereocenters. The molecular weight excluding hydrogens is 538 g/mol. The first-order valence-electron chi connectivity index (χ1n) is 17.1. The quantitative estimate of drug-likeness (QED) is 0.377. The van der Waals surface area contributed by atoms with Gasteiger partial charge in [-0.3, -0.25) is 19.2 Å². The van der Waals surface area contributed by atoms with Crippen LogP contribution in [0.3, 0.4) is 0 Å². The summed E-state index contributed by atoms with van der Waals surface area (Å²) < 4.78 is 6.42. The highest BCUT2D eigenvalue weighted by Crippen LogP contribution is 2.66. The molecule has 0 aromatic heterocycles. The maximum Gasteiger partial charge on any atom is 0.306 e. The highest BCUT2D eigenvalue weighted by Gasteiger charge is 2.66. The summed E-state index contributed by atoms with van der Waals surface area (Å²) in [5.74, 6) is 1.25. The summed E-state index contributed by atoms with van der Waals surface area (Å²) in [6.45, 7) is 8.47. The van der Waals surface area contributed by atoms with E-state index in [4.69, 9.17) is 4.74 Å². The fraction of sp³-hybridized carbons (Fsp3) is 0.730. The Morgan fingerprint density at radius 2 is 1.67 bits per heavy atom. The number of nitrogens with one attached hydrogen (secondary N) is 1. The lowest BCUT2D eigenvalue weighted by molar-refractivity contribution is -0.166. The first-order valence-corrected chi connectivity index (χ1v) is 17.1. The van der Waals surface area contributed by atoms with Crippen molar-refractivity contribution in [3.63, 3.8) is 0 Å². The lowest BCUT2D eigenvalue weighted by atomic mass is 9.44. The van der Waals surface area contributed by atoms with Gasteiger partial charge in [-0.2, -0.15) is 0 Å². The molecule has 1 aromatic rings. The molecule has 1 heterocycles. The highest BCUT2D eigenvalue weighted by atomic mass is 16.6. The number of ketones is 3. The number of hydrogen-bond donors (Lipinski definition) is 1. The van der Waals surface area contributed by atoms with E-state index in [0.29, 0.717) is 50.1 Å². The van der Waals surface area contributed by atoms with Gasteiger partial charge < -0.3 is 10.1 Å². The number of esters is 1. The maximum atomic E-state index is 14.1. The topological polar surface area (TPSA) is 89.5 Å². The van der Waals surface area contributed by atoms with Gasteiger partial charge in [0.15, 0.2) is 0 Å². The van der Waals surface area contributed by atoms with E-state index < -0.39 is 11.0 Å². The number of fused-ring (bicyclic) bond motifs is 5. The third-order valence-corrected chi connectivity index (χ3v) is 13.2. The fourth-order valence-electron chi connectivity index (χ4n) is 10.6. The van der Waals surface area contributed by atoms with Crippen molar-refractivity contribution in [2.24, 2.45) is 46.3 Å². The van der Waals surface area contributed by atoms with Gasteiger partial charge in [0.2, 0.25) is 0 Å². The fourth-order valence-corrected chi connectivity index (χ4v) is 10.6. The molecule has 0 spiro atoms. The van der Waals surface area contributed by atoms with E-state index in [1.54, 1.807) is 0 Å². The van der Waals surface area contributed by atoms with Crippen LogP contribution in [-0.2, 0) is 29.5 Å². The number of Topliss-reactive ketones (excluding diaryl/α,β-unsaturated/α-hetero) is 3. The van der Waals surface area contributed by atoms with Crippen molar-refractivity contribution < 1.29 is 23.9 Å². The van der Waals surface area contributed by atoms with Crippen LogP contribution in [0.5, 0.6) is 0 Å². The Bertz CT molecular complexity index is 1230. The Morgan fingerprint density at radius 3 is 2.40 bits per heavy atom. The SMILES string of the molecule is C[C@H](CCC(=O)OC1(c2ccccc2)CCCNCCC1)[C@H]1CC[C@H]2[C@@H]3C(=O)C[C@@H]4CC(=O)CC[C@]4(C)[C@H]3CC(=O)[C@]12C. The molecule has 1 aliphatic heterocycles. The number of hydrogen-bond acceptors (Lipinski definition) is 6. The summed E-state index contributed by atoms with van der Waals surface area (Å²) in [5.41, 5.74) is -0.117.